The Morgan fingerprint density at radius 2 is 1.48 bits per heavy atom. The minimum atomic E-state index is -0.441. The molecule has 2 rings (SSSR count). The van der Waals surface area contributed by atoms with Gasteiger partial charge < -0.3 is 15.7 Å². The molecule has 0 saturated heterocycles. The van der Waals surface area contributed by atoms with Crippen molar-refractivity contribution in [1.82, 2.24) is 5.32 Å². The summed E-state index contributed by atoms with van der Waals surface area (Å²) >= 11 is 0. The molecule has 0 unspecified atom stereocenters. The van der Waals surface area contributed by atoms with E-state index in [1.165, 1.54) is 69.9 Å². The van der Waals surface area contributed by atoms with Crippen LogP contribution >= 0.6 is 0 Å². The lowest BCUT2D eigenvalue weighted by molar-refractivity contribution is -0.112. The Labute approximate surface area is 162 Å². The Morgan fingerprint density at radius 1 is 0.963 bits per heavy atom. The normalized spacial score (nSPS) is 17.8. The fraction of sp³-hybridized carbons (Fsp3) is 0.545. The molecule has 0 aromatic heterocycles. The van der Waals surface area contributed by atoms with Gasteiger partial charge in [-0.05, 0) is 37.1 Å². The number of amides is 1. The molecule has 0 heterocycles. The molecule has 146 valence electrons. The molecule has 1 aliphatic rings. The second-order valence-corrected chi connectivity index (χ2v) is 7.29. The number of hydrogen-bond donors (Lipinski definition) is 3. The third-order valence-corrected chi connectivity index (χ3v) is 5.06. The lowest BCUT2D eigenvalue weighted by Gasteiger charge is -2.18. The lowest BCUT2D eigenvalue weighted by atomic mass is 9.98. The minimum absolute atomic E-state index is 0.0641. The van der Waals surface area contributed by atoms with E-state index in [4.69, 9.17) is 0 Å². The number of benzene rings is 1. The van der Waals surface area contributed by atoms with Gasteiger partial charge in [0.15, 0.2) is 0 Å². The molecule has 1 aliphatic carbocycles. The molecule has 5 nitrogen and oxygen atoms in total. The highest BCUT2D eigenvalue weighted by molar-refractivity contribution is 6.06. The molecule has 3 N–H and O–H groups in total. The van der Waals surface area contributed by atoms with Crippen molar-refractivity contribution in [3.63, 3.8) is 0 Å². The molecule has 5 heteroatoms. The van der Waals surface area contributed by atoms with Crippen molar-refractivity contribution in [2.45, 2.75) is 76.7 Å². The number of rotatable bonds is 4. The summed E-state index contributed by atoms with van der Waals surface area (Å²) in [5.41, 5.74) is 0.610. The summed E-state index contributed by atoms with van der Waals surface area (Å²) in [6.07, 6.45) is 15.3. The predicted octanol–water partition coefficient (Wildman–Crippen LogP) is 5.00. The number of phenols is 1. The molecule has 1 saturated carbocycles. The van der Waals surface area contributed by atoms with Gasteiger partial charge in [-0.15, -0.1) is 0 Å². The van der Waals surface area contributed by atoms with E-state index in [1.54, 1.807) is 18.3 Å². The van der Waals surface area contributed by atoms with Crippen molar-refractivity contribution in [2.75, 3.05) is 5.32 Å². The number of carbonyl (C=O) groups excluding carboxylic acids is 1. The van der Waals surface area contributed by atoms with Gasteiger partial charge in [-0.3, -0.25) is 4.79 Å². The van der Waals surface area contributed by atoms with Gasteiger partial charge in [0.1, 0.15) is 17.4 Å². The Balaban J connectivity index is 1.90. The molecule has 1 fully saturated rings. The number of nitrogens with zero attached hydrogens (tertiary/aromatic N) is 1. The van der Waals surface area contributed by atoms with Crippen molar-refractivity contribution in [1.29, 1.82) is 5.26 Å². The molecule has 0 spiro atoms. The van der Waals surface area contributed by atoms with Gasteiger partial charge in [0, 0.05) is 17.9 Å². The second-order valence-electron chi connectivity index (χ2n) is 7.29. The number of nitrogens with one attached hydrogen (secondary N) is 2. The quantitative estimate of drug-likeness (QED) is 0.396. The number of carbonyl (C=O) groups is 1. The van der Waals surface area contributed by atoms with Crippen molar-refractivity contribution in [2.24, 2.45) is 0 Å². The van der Waals surface area contributed by atoms with Crippen molar-refractivity contribution >= 4 is 11.6 Å². The van der Waals surface area contributed by atoms with Crippen LogP contribution in [0, 0.1) is 11.3 Å². The van der Waals surface area contributed by atoms with Crippen molar-refractivity contribution < 1.29 is 9.90 Å². The number of nitriles is 1. The average molecular weight is 370 g/mol. The molecule has 0 atom stereocenters. The van der Waals surface area contributed by atoms with Gasteiger partial charge in [0.05, 0.1) is 0 Å². The van der Waals surface area contributed by atoms with Crippen LogP contribution < -0.4 is 10.6 Å². The van der Waals surface area contributed by atoms with Crippen LogP contribution in [0.4, 0.5) is 5.69 Å². The third-order valence-electron chi connectivity index (χ3n) is 5.06. The van der Waals surface area contributed by atoms with Gasteiger partial charge in [-0.25, -0.2) is 0 Å². The fourth-order valence-electron chi connectivity index (χ4n) is 3.42. The number of phenolic OH excluding ortho intramolecular Hbond substituents is 1. The summed E-state index contributed by atoms with van der Waals surface area (Å²) in [6.45, 7) is 0. The first-order chi connectivity index (χ1) is 13.2. The first kappa shape index (κ1) is 20.8. The summed E-state index contributed by atoms with van der Waals surface area (Å²) in [5.74, 6) is -0.308. The maximum absolute atomic E-state index is 12.3. The van der Waals surface area contributed by atoms with Gasteiger partial charge in [0.2, 0.25) is 0 Å². The first-order valence-corrected chi connectivity index (χ1v) is 10.2. The monoisotopic (exact) mass is 369 g/mol. The topological polar surface area (TPSA) is 85.2 Å². The highest BCUT2D eigenvalue weighted by Gasteiger charge is 2.12. The van der Waals surface area contributed by atoms with Gasteiger partial charge >= 0.3 is 0 Å². The highest BCUT2D eigenvalue weighted by atomic mass is 16.3. The van der Waals surface area contributed by atoms with Crippen LogP contribution in [0.25, 0.3) is 0 Å². The summed E-state index contributed by atoms with van der Waals surface area (Å²) in [4.78, 5) is 12.3. The molecular weight excluding hydrogens is 338 g/mol. The molecule has 1 amide bonds. The number of anilines is 1. The van der Waals surface area contributed by atoms with E-state index in [0.717, 1.165) is 12.8 Å². The Morgan fingerprint density at radius 3 is 2.00 bits per heavy atom. The highest BCUT2D eigenvalue weighted by Crippen LogP contribution is 2.17. The fourth-order valence-corrected chi connectivity index (χ4v) is 3.42. The molecule has 0 aliphatic heterocycles. The van der Waals surface area contributed by atoms with Crippen LogP contribution in [-0.4, -0.2) is 17.1 Å². The van der Waals surface area contributed by atoms with Crippen LogP contribution in [0.1, 0.15) is 70.6 Å². The SMILES string of the molecule is N#C/C(=C/NC1CCCCCCCCCCC1)C(=O)Nc1ccc(O)cc1. The zero-order valence-corrected chi connectivity index (χ0v) is 16.0. The van der Waals surface area contributed by atoms with E-state index < -0.39 is 5.91 Å². The molecule has 27 heavy (non-hydrogen) atoms. The Hall–Kier alpha value is -2.48. The number of hydrogen-bond acceptors (Lipinski definition) is 4. The maximum atomic E-state index is 12.3. The molecule has 1 aromatic rings. The van der Waals surface area contributed by atoms with Crippen molar-refractivity contribution in [3.05, 3.63) is 36.0 Å². The Kier molecular flexibility index (Phi) is 9.26. The van der Waals surface area contributed by atoms with Gasteiger partial charge in [-0.1, -0.05) is 57.8 Å². The van der Waals surface area contributed by atoms with E-state index >= 15 is 0 Å². The molecule has 0 radical (unpaired) electrons. The van der Waals surface area contributed by atoms with Crippen LogP contribution in [0.2, 0.25) is 0 Å². The molecular formula is C22H31N3O2. The predicted molar refractivity (Wildman–Crippen MR) is 108 cm³/mol. The number of aromatic hydroxyl groups is 1. The van der Waals surface area contributed by atoms with E-state index in [-0.39, 0.29) is 11.3 Å². The zero-order chi connectivity index (χ0) is 19.3. The zero-order valence-electron chi connectivity index (χ0n) is 16.0. The maximum Gasteiger partial charge on any atom is 0.267 e. The summed E-state index contributed by atoms with van der Waals surface area (Å²) < 4.78 is 0. The van der Waals surface area contributed by atoms with E-state index in [9.17, 15) is 15.2 Å². The van der Waals surface area contributed by atoms with Gasteiger partial charge in [-0.2, -0.15) is 5.26 Å². The van der Waals surface area contributed by atoms with Crippen LogP contribution in [-0.2, 0) is 4.79 Å². The standard InChI is InChI=1S/C22H31N3O2/c23-16-18(22(27)25-20-12-14-21(26)15-13-20)17-24-19-10-8-6-4-2-1-3-5-7-9-11-19/h12-15,17,19,24,26H,1-11H2,(H,25,27)/b18-17-. The minimum Gasteiger partial charge on any atom is -0.508 e. The summed E-state index contributed by atoms with van der Waals surface area (Å²) in [6, 6.07) is 8.48. The molecule has 0 bridgehead atoms. The summed E-state index contributed by atoms with van der Waals surface area (Å²) in [7, 11) is 0. The first-order valence-electron chi connectivity index (χ1n) is 10.2. The second kappa shape index (κ2) is 12.0. The smallest absolute Gasteiger partial charge is 0.267 e. The third kappa shape index (κ3) is 8.17. The molecule has 1 aromatic carbocycles. The van der Waals surface area contributed by atoms with Crippen molar-refractivity contribution in [3.8, 4) is 11.8 Å². The van der Waals surface area contributed by atoms with Crippen LogP contribution in [0.3, 0.4) is 0 Å². The summed E-state index contributed by atoms with van der Waals surface area (Å²) in [5, 5.41) is 24.6. The lowest BCUT2D eigenvalue weighted by Crippen LogP contribution is -2.26. The van der Waals surface area contributed by atoms with Crippen LogP contribution in [0.5, 0.6) is 5.75 Å². The van der Waals surface area contributed by atoms with Gasteiger partial charge in [0.25, 0.3) is 5.91 Å². The van der Waals surface area contributed by atoms with E-state index in [2.05, 4.69) is 10.6 Å². The van der Waals surface area contributed by atoms with Crippen LogP contribution in [0.15, 0.2) is 36.0 Å². The average Bonchev–Trinajstić information content (AvgIpc) is 2.66. The largest absolute Gasteiger partial charge is 0.508 e. The van der Waals surface area contributed by atoms with E-state index in [1.807, 2.05) is 6.07 Å². The van der Waals surface area contributed by atoms with E-state index in [0.29, 0.717) is 11.7 Å². The Bertz CT molecular complexity index is 635.